The number of esters is 1. The monoisotopic (exact) mass is 427 g/mol. The SMILES string of the molecule is C=C1NC(=O)N[C@@H](c2cc(OC)c(OCC(=O)[O-])cc2Br)[C@@H]1C(=O)OC. The number of ether oxygens (including phenoxy) is 3. The predicted octanol–water partition coefficient (Wildman–Crippen LogP) is 0.243. The van der Waals surface area contributed by atoms with Gasteiger partial charge in [0.25, 0.3) is 0 Å². The zero-order valence-electron chi connectivity index (χ0n) is 14.0. The van der Waals surface area contributed by atoms with Crippen LogP contribution in [0.4, 0.5) is 4.79 Å². The molecule has 2 amide bonds. The highest BCUT2D eigenvalue weighted by Crippen LogP contribution is 2.40. The van der Waals surface area contributed by atoms with E-state index >= 15 is 0 Å². The molecular formula is C16H16BrN2O7-. The molecule has 2 N–H and O–H groups in total. The Labute approximate surface area is 157 Å². The van der Waals surface area contributed by atoms with Crippen LogP contribution in [0.3, 0.4) is 0 Å². The number of rotatable bonds is 6. The molecule has 26 heavy (non-hydrogen) atoms. The van der Waals surface area contributed by atoms with Gasteiger partial charge in [-0.25, -0.2) is 4.79 Å². The van der Waals surface area contributed by atoms with E-state index in [1.165, 1.54) is 26.4 Å². The summed E-state index contributed by atoms with van der Waals surface area (Å²) in [6.45, 7) is 3.05. The van der Waals surface area contributed by atoms with E-state index in [2.05, 4.69) is 33.1 Å². The number of halogens is 1. The first-order chi connectivity index (χ1) is 12.3. The second-order valence-corrected chi connectivity index (χ2v) is 6.14. The molecule has 1 heterocycles. The van der Waals surface area contributed by atoms with Crippen LogP contribution in [0.1, 0.15) is 11.6 Å². The van der Waals surface area contributed by atoms with Gasteiger partial charge in [-0.1, -0.05) is 22.5 Å². The predicted molar refractivity (Wildman–Crippen MR) is 90.3 cm³/mol. The van der Waals surface area contributed by atoms with Crippen molar-refractivity contribution in [1.29, 1.82) is 0 Å². The Morgan fingerprint density at radius 1 is 1.31 bits per heavy atom. The van der Waals surface area contributed by atoms with E-state index in [1.807, 2.05) is 0 Å². The Balaban J connectivity index is 2.47. The highest BCUT2D eigenvalue weighted by molar-refractivity contribution is 9.10. The summed E-state index contributed by atoms with van der Waals surface area (Å²) < 4.78 is 15.6. The second kappa shape index (κ2) is 8.09. The molecule has 0 saturated carbocycles. The fourth-order valence-corrected chi connectivity index (χ4v) is 3.12. The largest absolute Gasteiger partial charge is 0.546 e. The summed E-state index contributed by atoms with van der Waals surface area (Å²) in [4.78, 5) is 34.6. The summed E-state index contributed by atoms with van der Waals surface area (Å²) in [6.07, 6.45) is 0. The molecule has 0 aliphatic carbocycles. The second-order valence-electron chi connectivity index (χ2n) is 5.29. The van der Waals surface area contributed by atoms with Gasteiger partial charge in [-0.15, -0.1) is 0 Å². The molecule has 0 aromatic heterocycles. The van der Waals surface area contributed by atoms with E-state index in [4.69, 9.17) is 14.2 Å². The fourth-order valence-electron chi connectivity index (χ4n) is 2.55. The molecule has 1 saturated heterocycles. The maximum Gasteiger partial charge on any atom is 0.319 e. The highest BCUT2D eigenvalue weighted by atomic mass is 79.9. The Bertz CT molecular complexity index is 765. The molecule has 10 heteroatoms. The number of carboxylic acid groups (broad SMARTS) is 1. The van der Waals surface area contributed by atoms with Crippen LogP contribution >= 0.6 is 15.9 Å². The molecule has 2 atom stereocenters. The summed E-state index contributed by atoms with van der Waals surface area (Å²) in [6, 6.07) is 1.68. The highest BCUT2D eigenvalue weighted by Gasteiger charge is 2.39. The molecule has 0 radical (unpaired) electrons. The first-order valence-electron chi connectivity index (χ1n) is 7.32. The molecule has 140 valence electrons. The molecular weight excluding hydrogens is 412 g/mol. The van der Waals surface area contributed by atoms with Crippen LogP contribution in [0.15, 0.2) is 28.9 Å². The van der Waals surface area contributed by atoms with Crippen LogP contribution in [-0.2, 0) is 14.3 Å². The molecule has 0 spiro atoms. The lowest BCUT2D eigenvalue weighted by Crippen LogP contribution is -2.51. The van der Waals surface area contributed by atoms with E-state index in [-0.39, 0.29) is 17.2 Å². The van der Waals surface area contributed by atoms with Gasteiger partial charge >= 0.3 is 12.0 Å². The van der Waals surface area contributed by atoms with Crippen LogP contribution in [0.2, 0.25) is 0 Å². The number of nitrogens with one attached hydrogen (secondary N) is 2. The number of carboxylic acids is 1. The standard InChI is InChI=1S/C16H17BrN2O7/c1-7-13(15(22)25-3)14(19-16(23)18-7)8-4-10(24-2)11(5-9(8)17)26-6-12(20)21/h4-5,13-14H,1,6H2,2-3H3,(H,20,21)(H2,18,19,23)/p-1/t13-,14+/m1/s1. The number of urea groups is 1. The summed E-state index contributed by atoms with van der Waals surface area (Å²) >= 11 is 3.34. The number of hydrogen-bond donors (Lipinski definition) is 2. The maximum atomic E-state index is 12.2. The first kappa shape index (κ1) is 19.6. The van der Waals surface area contributed by atoms with Gasteiger partial charge in [0, 0.05) is 10.2 Å². The number of amides is 2. The molecule has 2 rings (SSSR count). The lowest BCUT2D eigenvalue weighted by molar-refractivity contribution is -0.307. The fraction of sp³-hybridized carbons (Fsp3) is 0.312. The smallest absolute Gasteiger partial charge is 0.319 e. The van der Waals surface area contributed by atoms with Crippen molar-refractivity contribution in [2.24, 2.45) is 5.92 Å². The number of aliphatic carboxylic acids is 1. The number of carbonyl (C=O) groups excluding carboxylic acids is 3. The molecule has 1 aromatic carbocycles. The van der Waals surface area contributed by atoms with Gasteiger partial charge in [-0.2, -0.15) is 0 Å². The third-order valence-electron chi connectivity index (χ3n) is 3.69. The van der Waals surface area contributed by atoms with Crippen molar-refractivity contribution in [2.75, 3.05) is 20.8 Å². The average molecular weight is 428 g/mol. The van der Waals surface area contributed by atoms with Gasteiger partial charge in [-0.05, 0) is 17.7 Å². The van der Waals surface area contributed by atoms with Crippen molar-refractivity contribution in [3.63, 3.8) is 0 Å². The maximum absolute atomic E-state index is 12.2. The summed E-state index contributed by atoms with van der Waals surface area (Å²) in [5, 5.41) is 15.7. The average Bonchev–Trinajstić information content (AvgIpc) is 2.58. The van der Waals surface area contributed by atoms with Crippen molar-refractivity contribution in [3.8, 4) is 11.5 Å². The van der Waals surface area contributed by atoms with Crippen LogP contribution in [-0.4, -0.2) is 38.8 Å². The normalized spacial score (nSPS) is 19.2. The number of hydrogen-bond acceptors (Lipinski definition) is 7. The van der Waals surface area contributed by atoms with E-state index in [1.54, 1.807) is 0 Å². The molecule has 0 unspecified atom stereocenters. The minimum Gasteiger partial charge on any atom is -0.546 e. The van der Waals surface area contributed by atoms with E-state index < -0.39 is 36.5 Å². The molecule has 1 aliphatic heterocycles. The third kappa shape index (κ3) is 4.07. The van der Waals surface area contributed by atoms with Gasteiger partial charge in [0.1, 0.15) is 12.5 Å². The molecule has 1 fully saturated rings. The van der Waals surface area contributed by atoms with Crippen LogP contribution in [0.5, 0.6) is 11.5 Å². The molecule has 1 aromatic rings. The zero-order valence-corrected chi connectivity index (χ0v) is 15.5. The van der Waals surface area contributed by atoms with E-state index in [0.29, 0.717) is 10.0 Å². The first-order valence-corrected chi connectivity index (χ1v) is 8.12. The van der Waals surface area contributed by atoms with Crippen molar-refractivity contribution in [3.05, 3.63) is 34.4 Å². The van der Waals surface area contributed by atoms with Crippen LogP contribution < -0.4 is 25.2 Å². The van der Waals surface area contributed by atoms with E-state index in [9.17, 15) is 19.5 Å². The Kier molecular flexibility index (Phi) is 6.09. The number of carbonyl (C=O) groups is 3. The van der Waals surface area contributed by atoms with E-state index in [0.717, 1.165) is 0 Å². The minimum absolute atomic E-state index is 0.154. The van der Waals surface area contributed by atoms with Gasteiger partial charge in [0.15, 0.2) is 11.5 Å². The van der Waals surface area contributed by atoms with Gasteiger partial charge in [0.2, 0.25) is 0 Å². The Morgan fingerprint density at radius 2 is 2.00 bits per heavy atom. The topological polar surface area (TPSA) is 126 Å². The van der Waals surface area contributed by atoms with Crippen molar-refractivity contribution in [2.45, 2.75) is 6.04 Å². The summed E-state index contributed by atoms with van der Waals surface area (Å²) in [5.41, 5.74) is 0.683. The van der Waals surface area contributed by atoms with Crippen molar-refractivity contribution >= 4 is 33.9 Å². The molecule has 1 aliphatic rings. The molecule has 9 nitrogen and oxygen atoms in total. The minimum atomic E-state index is -1.39. The van der Waals surface area contributed by atoms with Gasteiger partial charge < -0.3 is 34.7 Å². The lowest BCUT2D eigenvalue weighted by atomic mass is 9.89. The van der Waals surface area contributed by atoms with Crippen molar-refractivity contribution < 1.29 is 33.7 Å². The van der Waals surface area contributed by atoms with Gasteiger partial charge in [-0.3, -0.25) is 4.79 Å². The molecule has 0 bridgehead atoms. The summed E-state index contributed by atoms with van der Waals surface area (Å²) in [7, 11) is 2.60. The van der Waals surface area contributed by atoms with Gasteiger partial charge in [0.05, 0.1) is 26.2 Å². The number of benzene rings is 1. The lowest BCUT2D eigenvalue weighted by Gasteiger charge is -2.33. The zero-order chi connectivity index (χ0) is 19.4. The number of methoxy groups -OCH3 is 2. The quantitative estimate of drug-likeness (QED) is 0.622. The van der Waals surface area contributed by atoms with Crippen molar-refractivity contribution in [1.82, 2.24) is 10.6 Å². The van der Waals surface area contributed by atoms with Crippen LogP contribution in [0, 0.1) is 5.92 Å². The summed E-state index contributed by atoms with van der Waals surface area (Å²) in [5.74, 6) is -2.49. The van der Waals surface area contributed by atoms with Crippen LogP contribution in [0.25, 0.3) is 0 Å². The Hall–Kier alpha value is -2.75. The Morgan fingerprint density at radius 3 is 2.58 bits per heavy atom. The third-order valence-corrected chi connectivity index (χ3v) is 4.37.